The first-order valence-electron chi connectivity index (χ1n) is 6.06. The summed E-state index contributed by atoms with van der Waals surface area (Å²) in [6.45, 7) is 2.14. The molecule has 0 radical (unpaired) electrons. The molecule has 0 amide bonds. The second-order valence-corrected chi connectivity index (χ2v) is 5.06. The molecule has 2 heterocycles. The maximum absolute atomic E-state index is 9.35. The molecule has 1 aromatic carbocycles. The number of nitrogens with one attached hydrogen (secondary N) is 1. The molecule has 5 nitrogen and oxygen atoms in total. The van der Waals surface area contributed by atoms with Crippen molar-refractivity contribution in [2.24, 2.45) is 12.5 Å². The number of imidazole rings is 1. The van der Waals surface area contributed by atoms with Gasteiger partial charge in [0.2, 0.25) is 0 Å². The molecule has 1 aliphatic heterocycles. The molecule has 1 aliphatic rings. The normalized spacial score (nSPS) is 17.7. The molecule has 96 valence electrons. The predicted molar refractivity (Wildman–Crippen MR) is 69.5 cm³/mol. The van der Waals surface area contributed by atoms with Gasteiger partial charge in [-0.3, -0.25) is 0 Å². The van der Waals surface area contributed by atoms with Crippen molar-refractivity contribution < 1.29 is 9.84 Å². The highest BCUT2D eigenvalue weighted by Crippen LogP contribution is 2.27. The molecular weight excluding hydrogens is 230 g/mol. The molecule has 2 N–H and O–H groups in total. The number of aromatic nitrogens is 2. The van der Waals surface area contributed by atoms with E-state index in [1.807, 2.05) is 36.1 Å². The molecule has 0 aliphatic carbocycles. The number of aliphatic hydroxyl groups is 1. The third kappa shape index (κ3) is 1.85. The minimum atomic E-state index is -0.112. The van der Waals surface area contributed by atoms with Crippen LogP contribution in [0.15, 0.2) is 24.5 Å². The highest BCUT2D eigenvalue weighted by molar-refractivity contribution is 5.79. The van der Waals surface area contributed by atoms with Gasteiger partial charge < -0.3 is 19.7 Å². The van der Waals surface area contributed by atoms with Crippen LogP contribution in [0, 0.1) is 5.41 Å². The number of rotatable bonds is 4. The van der Waals surface area contributed by atoms with Crippen LogP contribution in [0.1, 0.15) is 0 Å². The van der Waals surface area contributed by atoms with E-state index in [0.717, 1.165) is 23.3 Å². The number of nitrogens with zero attached hydrogens (tertiary/aromatic N) is 2. The van der Waals surface area contributed by atoms with Gasteiger partial charge in [-0.2, -0.15) is 0 Å². The molecule has 1 saturated heterocycles. The summed E-state index contributed by atoms with van der Waals surface area (Å²) in [6.07, 6.45) is 1.81. The predicted octanol–water partition coefficient (Wildman–Crippen LogP) is 0.994. The van der Waals surface area contributed by atoms with E-state index < -0.39 is 0 Å². The smallest absolute Gasteiger partial charge is 0.0955 e. The second-order valence-electron chi connectivity index (χ2n) is 5.06. The number of aliphatic hydroxyl groups excluding tert-OH is 1. The third-order valence-electron chi connectivity index (χ3n) is 3.54. The van der Waals surface area contributed by atoms with Crippen LogP contribution in [0.4, 0.5) is 5.69 Å². The molecule has 3 rings (SSSR count). The SMILES string of the molecule is Cn1cnc2cc(NCC3(CO)COC3)ccc21. The summed E-state index contributed by atoms with van der Waals surface area (Å²) in [6, 6.07) is 6.11. The summed E-state index contributed by atoms with van der Waals surface area (Å²) >= 11 is 0. The first-order chi connectivity index (χ1) is 8.72. The summed E-state index contributed by atoms with van der Waals surface area (Å²) in [4.78, 5) is 4.33. The lowest BCUT2D eigenvalue weighted by molar-refractivity contribution is -0.128. The maximum atomic E-state index is 9.35. The van der Waals surface area contributed by atoms with E-state index in [2.05, 4.69) is 10.3 Å². The number of aryl methyl sites for hydroxylation is 1. The Kier molecular flexibility index (Phi) is 2.72. The van der Waals surface area contributed by atoms with Gasteiger partial charge in [0, 0.05) is 19.3 Å². The molecule has 0 bridgehead atoms. The molecule has 1 aromatic heterocycles. The van der Waals surface area contributed by atoms with E-state index in [4.69, 9.17) is 4.74 Å². The van der Waals surface area contributed by atoms with E-state index in [0.29, 0.717) is 13.2 Å². The van der Waals surface area contributed by atoms with Crippen molar-refractivity contribution in [3.63, 3.8) is 0 Å². The van der Waals surface area contributed by atoms with Gasteiger partial charge in [-0.05, 0) is 18.2 Å². The van der Waals surface area contributed by atoms with Crippen LogP contribution in [-0.2, 0) is 11.8 Å². The Hall–Kier alpha value is -1.59. The van der Waals surface area contributed by atoms with Gasteiger partial charge in [-0.15, -0.1) is 0 Å². The van der Waals surface area contributed by atoms with Gasteiger partial charge in [0.25, 0.3) is 0 Å². The molecule has 0 atom stereocenters. The molecule has 0 saturated carbocycles. The quantitative estimate of drug-likeness (QED) is 0.846. The van der Waals surface area contributed by atoms with Crippen LogP contribution < -0.4 is 5.32 Å². The number of hydrogen-bond donors (Lipinski definition) is 2. The number of fused-ring (bicyclic) bond motifs is 1. The van der Waals surface area contributed by atoms with Crippen LogP contribution in [-0.4, -0.2) is 41.0 Å². The fraction of sp³-hybridized carbons (Fsp3) is 0.462. The maximum Gasteiger partial charge on any atom is 0.0955 e. The first-order valence-corrected chi connectivity index (χ1v) is 6.06. The van der Waals surface area contributed by atoms with Gasteiger partial charge in [0.15, 0.2) is 0 Å². The Morgan fingerprint density at radius 3 is 3.00 bits per heavy atom. The van der Waals surface area contributed by atoms with Crippen LogP contribution in [0.25, 0.3) is 11.0 Å². The number of anilines is 1. The average Bonchev–Trinajstić information content (AvgIpc) is 2.70. The standard InChI is InChI=1S/C13H17N3O2/c1-16-9-15-11-4-10(2-3-12(11)16)14-5-13(6-17)7-18-8-13/h2-4,9,14,17H,5-8H2,1H3. The van der Waals surface area contributed by atoms with Gasteiger partial charge in [0.1, 0.15) is 0 Å². The minimum absolute atomic E-state index is 0.112. The number of ether oxygens (including phenoxy) is 1. The monoisotopic (exact) mass is 247 g/mol. The Morgan fingerprint density at radius 2 is 2.33 bits per heavy atom. The minimum Gasteiger partial charge on any atom is -0.396 e. The van der Waals surface area contributed by atoms with Gasteiger partial charge in [-0.25, -0.2) is 4.98 Å². The zero-order valence-corrected chi connectivity index (χ0v) is 10.4. The van der Waals surface area contributed by atoms with Gasteiger partial charge in [0.05, 0.1) is 42.6 Å². The Balaban J connectivity index is 1.74. The van der Waals surface area contributed by atoms with E-state index in [-0.39, 0.29) is 12.0 Å². The van der Waals surface area contributed by atoms with Crippen LogP contribution >= 0.6 is 0 Å². The Labute approximate surface area is 105 Å². The summed E-state index contributed by atoms with van der Waals surface area (Å²) in [7, 11) is 1.98. The van der Waals surface area contributed by atoms with Crippen molar-refractivity contribution in [1.29, 1.82) is 0 Å². The lowest BCUT2D eigenvalue weighted by Crippen LogP contribution is -2.50. The molecule has 1 fully saturated rings. The lowest BCUT2D eigenvalue weighted by Gasteiger charge is -2.40. The van der Waals surface area contributed by atoms with Crippen molar-refractivity contribution in [2.45, 2.75) is 0 Å². The molecule has 18 heavy (non-hydrogen) atoms. The zero-order chi connectivity index (χ0) is 12.6. The highest BCUT2D eigenvalue weighted by atomic mass is 16.5. The Bertz CT molecular complexity index is 555. The van der Waals surface area contributed by atoms with Crippen molar-refractivity contribution in [3.05, 3.63) is 24.5 Å². The zero-order valence-electron chi connectivity index (χ0n) is 10.4. The highest BCUT2D eigenvalue weighted by Gasteiger charge is 2.37. The molecule has 0 spiro atoms. The Morgan fingerprint density at radius 1 is 1.50 bits per heavy atom. The second kappa shape index (κ2) is 4.26. The van der Waals surface area contributed by atoms with Crippen LogP contribution in [0.3, 0.4) is 0 Å². The van der Waals surface area contributed by atoms with Crippen molar-refractivity contribution >= 4 is 16.7 Å². The van der Waals surface area contributed by atoms with Crippen LogP contribution in [0.5, 0.6) is 0 Å². The van der Waals surface area contributed by atoms with E-state index in [9.17, 15) is 5.11 Å². The van der Waals surface area contributed by atoms with Crippen LogP contribution in [0.2, 0.25) is 0 Å². The topological polar surface area (TPSA) is 59.3 Å². The number of hydrogen-bond acceptors (Lipinski definition) is 4. The molecule has 2 aromatic rings. The fourth-order valence-corrected chi connectivity index (χ4v) is 2.18. The van der Waals surface area contributed by atoms with Crippen molar-refractivity contribution in [3.8, 4) is 0 Å². The van der Waals surface area contributed by atoms with Crippen molar-refractivity contribution in [1.82, 2.24) is 9.55 Å². The van der Waals surface area contributed by atoms with E-state index >= 15 is 0 Å². The summed E-state index contributed by atoms with van der Waals surface area (Å²) in [5, 5.41) is 12.7. The average molecular weight is 247 g/mol. The molecular formula is C13H17N3O2. The van der Waals surface area contributed by atoms with E-state index in [1.165, 1.54) is 0 Å². The molecule has 5 heteroatoms. The summed E-state index contributed by atoms with van der Waals surface area (Å²) < 4.78 is 7.17. The van der Waals surface area contributed by atoms with E-state index in [1.54, 1.807) is 0 Å². The van der Waals surface area contributed by atoms with Crippen molar-refractivity contribution in [2.75, 3.05) is 31.7 Å². The lowest BCUT2D eigenvalue weighted by atomic mass is 9.87. The summed E-state index contributed by atoms with van der Waals surface area (Å²) in [5.74, 6) is 0. The van der Waals surface area contributed by atoms with Gasteiger partial charge in [-0.1, -0.05) is 0 Å². The number of benzene rings is 1. The third-order valence-corrected chi connectivity index (χ3v) is 3.54. The first kappa shape index (κ1) is 11.5. The van der Waals surface area contributed by atoms with Gasteiger partial charge >= 0.3 is 0 Å². The fourth-order valence-electron chi connectivity index (χ4n) is 2.18. The largest absolute Gasteiger partial charge is 0.396 e. The summed E-state index contributed by atoms with van der Waals surface area (Å²) in [5.41, 5.74) is 3.01. The molecule has 0 unspecified atom stereocenters.